The summed E-state index contributed by atoms with van der Waals surface area (Å²) in [6.45, 7) is 2.40. The first-order chi connectivity index (χ1) is 16.1. The lowest BCUT2D eigenvalue weighted by atomic mass is 10.1. The second kappa shape index (κ2) is 10.6. The molecule has 0 bridgehead atoms. The minimum absolute atomic E-state index is 0.194. The number of aryl methyl sites for hydroxylation is 3. The van der Waals surface area contributed by atoms with Gasteiger partial charge in [-0.2, -0.15) is 0 Å². The molecule has 33 heavy (non-hydrogen) atoms. The average Bonchev–Trinajstić information content (AvgIpc) is 3.23. The smallest absolute Gasteiger partial charge is 0.310 e. The first-order valence-electron chi connectivity index (χ1n) is 11.0. The van der Waals surface area contributed by atoms with Crippen molar-refractivity contribution in [3.05, 3.63) is 107 Å². The standard InChI is InChI=1S/C28H27NO4/c1-20-25(29-28(33-20)23-8-4-3-5-9-23)17-16-21-12-14-22(15-13-21)19-32-26-11-7-6-10-24(26)18-27(30)31-2/h3-15H,16-19H2,1-2H3. The lowest BCUT2D eigenvalue weighted by Gasteiger charge is -2.11. The highest BCUT2D eigenvalue weighted by Crippen LogP contribution is 2.23. The van der Waals surface area contributed by atoms with Crippen LogP contribution in [0.4, 0.5) is 0 Å². The monoisotopic (exact) mass is 441 g/mol. The maximum atomic E-state index is 11.6. The predicted octanol–water partition coefficient (Wildman–Crippen LogP) is 5.73. The highest BCUT2D eigenvalue weighted by atomic mass is 16.5. The van der Waals surface area contributed by atoms with Crippen molar-refractivity contribution in [3.8, 4) is 17.2 Å². The number of methoxy groups -OCH3 is 1. The third kappa shape index (κ3) is 5.89. The second-order valence-corrected chi connectivity index (χ2v) is 7.85. The van der Waals surface area contributed by atoms with Crippen molar-refractivity contribution < 1.29 is 18.7 Å². The van der Waals surface area contributed by atoms with Crippen molar-refractivity contribution in [2.45, 2.75) is 32.8 Å². The minimum atomic E-state index is -0.284. The summed E-state index contributed by atoms with van der Waals surface area (Å²) >= 11 is 0. The van der Waals surface area contributed by atoms with Crippen LogP contribution >= 0.6 is 0 Å². The molecule has 0 aliphatic rings. The molecule has 0 aliphatic carbocycles. The molecule has 0 saturated heterocycles. The first kappa shape index (κ1) is 22.3. The summed E-state index contributed by atoms with van der Waals surface area (Å²) in [5.74, 6) is 1.95. The topological polar surface area (TPSA) is 61.6 Å². The molecule has 0 atom stereocenters. The third-order valence-corrected chi connectivity index (χ3v) is 5.52. The highest BCUT2D eigenvalue weighted by Gasteiger charge is 2.12. The van der Waals surface area contributed by atoms with E-state index in [4.69, 9.17) is 18.9 Å². The van der Waals surface area contributed by atoms with E-state index in [1.54, 1.807) is 0 Å². The van der Waals surface area contributed by atoms with E-state index < -0.39 is 0 Å². The maximum Gasteiger partial charge on any atom is 0.310 e. The molecule has 1 aromatic heterocycles. The fourth-order valence-electron chi connectivity index (χ4n) is 3.61. The van der Waals surface area contributed by atoms with Crippen LogP contribution in [0.15, 0.2) is 83.3 Å². The molecule has 0 fully saturated rings. The molecule has 4 rings (SSSR count). The number of aromatic nitrogens is 1. The van der Waals surface area contributed by atoms with Gasteiger partial charge in [0.25, 0.3) is 0 Å². The number of benzene rings is 3. The molecule has 0 saturated carbocycles. The van der Waals surface area contributed by atoms with Gasteiger partial charge in [0.05, 0.1) is 19.2 Å². The van der Waals surface area contributed by atoms with Crippen molar-refractivity contribution in [1.82, 2.24) is 4.98 Å². The van der Waals surface area contributed by atoms with Crippen LogP contribution in [0, 0.1) is 6.92 Å². The van der Waals surface area contributed by atoms with Gasteiger partial charge in [-0.15, -0.1) is 0 Å². The first-order valence-corrected chi connectivity index (χ1v) is 11.0. The molecule has 5 heteroatoms. The molecule has 5 nitrogen and oxygen atoms in total. The fourth-order valence-corrected chi connectivity index (χ4v) is 3.61. The van der Waals surface area contributed by atoms with E-state index in [2.05, 4.69) is 24.3 Å². The number of carbonyl (C=O) groups is 1. The molecule has 1 heterocycles. The van der Waals surface area contributed by atoms with Gasteiger partial charge in [0.15, 0.2) is 0 Å². The van der Waals surface area contributed by atoms with Crippen molar-refractivity contribution in [1.29, 1.82) is 0 Å². The van der Waals surface area contributed by atoms with Gasteiger partial charge >= 0.3 is 5.97 Å². The molecular formula is C28H27NO4. The number of hydrogen-bond donors (Lipinski definition) is 0. The Morgan fingerprint density at radius 1 is 0.879 bits per heavy atom. The number of oxazole rings is 1. The molecule has 0 N–H and O–H groups in total. The van der Waals surface area contributed by atoms with Gasteiger partial charge in [-0.05, 0) is 49.1 Å². The Kier molecular flexibility index (Phi) is 7.20. The molecular weight excluding hydrogens is 414 g/mol. The minimum Gasteiger partial charge on any atom is -0.489 e. The number of nitrogens with zero attached hydrogens (tertiary/aromatic N) is 1. The number of carbonyl (C=O) groups excluding carboxylic acids is 1. The molecule has 168 valence electrons. The van der Waals surface area contributed by atoms with Crippen molar-refractivity contribution in [2.24, 2.45) is 0 Å². The summed E-state index contributed by atoms with van der Waals surface area (Å²) in [5, 5.41) is 0. The quantitative estimate of drug-likeness (QED) is 0.311. The van der Waals surface area contributed by atoms with Crippen LogP contribution in [0.3, 0.4) is 0 Å². The SMILES string of the molecule is COC(=O)Cc1ccccc1OCc1ccc(CCc2nc(-c3ccccc3)oc2C)cc1. The van der Waals surface area contributed by atoms with Gasteiger partial charge in [0.1, 0.15) is 18.1 Å². The normalized spacial score (nSPS) is 10.7. The Bertz CT molecular complexity index is 1200. The van der Waals surface area contributed by atoms with Crippen LogP contribution in [0.25, 0.3) is 11.5 Å². The Labute approximate surface area is 194 Å². The molecule has 0 radical (unpaired) electrons. The Hall–Kier alpha value is -3.86. The maximum absolute atomic E-state index is 11.6. The molecule has 0 spiro atoms. The summed E-state index contributed by atoms with van der Waals surface area (Å²) in [6.07, 6.45) is 1.89. The van der Waals surface area contributed by atoms with Crippen LogP contribution in [-0.4, -0.2) is 18.1 Å². The Balaban J connectivity index is 1.33. The van der Waals surface area contributed by atoms with Gasteiger partial charge in [0, 0.05) is 11.1 Å². The lowest BCUT2D eigenvalue weighted by molar-refractivity contribution is -0.139. The number of ether oxygens (including phenoxy) is 2. The van der Waals surface area contributed by atoms with Crippen LogP contribution in [-0.2, 0) is 35.4 Å². The van der Waals surface area contributed by atoms with Gasteiger partial charge in [-0.25, -0.2) is 4.98 Å². The zero-order chi connectivity index (χ0) is 23.0. The van der Waals surface area contributed by atoms with E-state index in [-0.39, 0.29) is 12.4 Å². The van der Waals surface area contributed by atoms with Crippen LogP contribution < -0.4 is 4.74 Å². The van der Waals surface area contributed by atoms with Gasteiger partial charge in [-0.3, -0.25) is 4.79 Å². The largest absolute Gasteiger partial charge is 0.489 e. The molecule has 3 aromatic carbocycles. The van der Waals surface area contributed by atoms with Gasteiger partial charge in [-0.1, -0.05) is 60.7 Å². The zero-order valence-electron chi connectivity index (χ0n) is 18.9. The van der Waals surface area contributed by atoms with Crippen LogP contribution in [0.2, 0.25) is 0 Å². The third-order valence-electron chi connectivity index (χ3n) is 5.52. The van der Waals surface area contributed by atoms with E-state index in [1.807, 2.05) is 61.5 Å². The van der Waals surface area contributed by atoms with E-state index >= 15 is 0 Å². The summed E-state index contributed by atoms with van der Waals surface area (Å²) in [4.78, 5) is 16.3. The lowest BCUT2D eigenvalue weighted by Crippen LogP contribution is -2.06. The van der Waals surface area contributed by atoms with Gasteiger partial charge < -0.3 is 13.9 Å². The van der Waals surface area contributed by atoms with Crippen LogP contribution in [0.5, 0.6) is 5.75 Å². The zero-order valence-corrected chi connectivity index (χ0v) is 18.9. The number of esters is 1. The summed E-state index contributed by atoms with van der Waals surface area (Å²) < 4.78 is 16.6. The van der Waals surface area contributed by atoms with E-state index in [0.29, 0.717) is 18.2 Å². The van der Waals surface area contributed by atoms with E-state index in [1.165, 1.54) is 12.7 Å². The molecule has 0 amide bonds. The molecule has 0 unspecified atom stereocenters. The summed E-state index contributed by atoms with van der Waals surface area (Å²) in [7, 11) is 1.39. The predicted molar refractivity (Wildman–Crippen MR) is 127 cm³/mol. The molecule has 4 aromatic rings. The summed E-state index contributed by atoms with van der Waals surface area (Å²) in [6, 6.07) is 25.9. The average molecular weight is 442 g/mol. The molecule has 0 aliphatic heterocycles. The van der Waals surface area contributed by atoms with Gasteiger partial charge in [0.2, 0.25) is 5.89 Å². The van der Waals surface area contributed by atoms with Crippen molar-refractivity contribution in [2.75, 3.05) is 7.11 Å². The van der Waals surface area contributed by atoms with E-state index in [9.17, 15) is 4.79 Å². The number of para-hydroxylation sites is 1. The number of hydrogen-bond acceptors (Lipinski definition) is 5. The van der Waals surface area contributed by atoms with Crippen molar-refractivity contribution in [3.63, 3.8) is 0 Å². The van der Waals surface area contributed by atoms with Crippen LogP contribution in [0.1, 0.15) is 28.1 Å². The fraction of sp³-hybridized carbons (Fsp3) is 0.214. The Morgan fingerprint density at radius 2 is 1.58 bits per heavy atom. The Morgan fingerprint density at radius 3 is 2.33 bits per heavy atom. The highest BCUT2D eigenvalue weighted by molar-refractivity contribution is 5.73. The van der Waals surface area contributed by atoms with E-state index in [0.717, 1.165) is 41.0 Å². The second-order valence-electron chi connectivity index (χ2n) is 7.85. The summed E-state index contributed by atoms with van der Waals surface area (Å²) in [5.41, 5.74) is 5.09. The number of rotatable bonds is 9. The van der Waals surface area contributed by atoms with Crippen molar-refractivity contribution >= 4 is 5.97 Å².